The third-order valence-corrected chi connectivity index (χ3v) is 3.00. The molecule has 0 aromatic heterocycles. The van der Waals surface area contributed by atoms with E-state index in [-0.39, 0.29) is 0 Å². The molecule has 1 unspecified atom stereocenters. The van der Waals surface area contributed by atoms with Gasteiger partial charge in [-0.15, -0.1) is 0 Å². The highest BCUT2D eigenvalue weighted by molar-refractivity contribution is 5.35. The summed E-state index contributed by atoms with van der Waals surface area (Å²) in [5.74, 6) is 0.862. The average Bonchev–Trinajstić information content (AvgIpc) is 2.42. The standard InChI is InChI=1S/C15H16O2/c1-2-15(12-6-4-3-5-7-12)13-8-10-14(17-16)11-9-13/h3-11,15-16H,2H2,1H3. The fourth-order valence-corrected chi connectivity index (χ4v) is 2.11. The van der Waals surface area contributed by atoms with Crippen molar-refractivity contribution in [1.29, 1.82) is 0 Å². The second-order valence-corrected chi connectivity index (χ2v) is 4.03. The Morgan fingerprint density at radius 2 is 1.53 bits per heavy atom. The molecule has 2 rings (SSSR count). The zero-order valence-corrected chi connectivity index (χ0v) is 9.84. The molecular formula is C15H16O2. The zero-order chi connectivity index (χ0) is 12.1. The molecule has 0 bridgehead atoms. The van der Waals surface area contributed by atoms with E-state index < -0.39 is 0 Å². The molecule has 0 spiro atoms. The molecule has 0 fully saturated rings. The van der Waals surface area contributed by atoms with Crippen LogP contribution in [0.15, 0.2) is 54.6 Å². The van der Waals surface area contributed by atoms with Crippen LogP contribution in [0, 0.1) is 0 Å². The molecule has 0 radical (unpaired) electrons. The van der Waals surface area contributed by atoms with Crippen molar-refractivity contribution in [2.75, 3.05) is 0 Å². The molecule has 0 saturated carbocycles. The normalized spacial score (nSPS) is 12.1. The van der Waals surface area contributed by atoms with Crippen LogP contribution in [-0.4, -0.2) is 5.26 Å². The lowest BCUT2D eigenvalue weighted by Gasteiger charge is -2.16. The van der Waals surface area contributed by atoms with Gasteiger partial charge >= 0.3 is 0 Å². The Bertz CT molecular complexity index is 448. The third-order valence-electron chi connectivity index (χ3n) is 3.00. The van der Waals surface area contributed by atoms with Crippen LogP contribution in [-0.2, 0) is 0 Å². The summed E-state index contributed by atoms with van der Waals surface area (Å²) in [7, 11) is 0. The quantitative estimate of drug-likeness (QED) is 0.631. The summed E-state index contributed by atoms with van der Waals surface area (Å²) in [6.45, 7) is 2.17. The van der Waals surface area contributed by atoms with Crippen molar-refractivity contribution in [3.05, 3.63) is 65.7 Å². The summed E-state index contributed by atoms with van der Waals surface area (Å²) in [6, 6.07) is 18.0. The Morgan fingerprint density at radius 3 is 2.06 bits per heavy atom. The zero-order valence-electron chi connectivity index (χ0n) is 9.84. The fourth-order valence-electron chi connectivity index (χ4n) is 2.11. The van der Waals surface area contributed by atoms with Crippen molar-refractivity contribution in [2.45, 2.75) is 19.3 Å². The van der Waals surface area contributed by atoms with Gasteiger partial charge in [-0.3, -0.25) is 0 Å². The molecule has 0 amide bonds. The first-order valence-corrected chi connectivity index (χ1v) is 5.81. The predicted molar refractivity (Wildman–Crippen MR) is 68.3 cm³/mol. The Labute approximate surface area is 101 Å². The van der Waals surface area contributed by atoms with Gasteiger partial charge in [-0.25, -0.2) is 5.26 Å². The number of hydrogen-bond donors (Lipinski definition) is 1. The minimum Gasteiger partial charge on any atom is -0.340 e. The molecule has 17 heavy (non-hydrogen) atoms. The Morgan fingerprint density at radius 1 is 0.941 bits per heavy atom. The summed E-state index contributed by atoms with van der Waals surface area (Å²) >= 11 is 0. The Kier molecular flexibility index (Phi) is 3.78. The minimum atomic E-state index is 0.393. The molecule has 0 aliphatic heterocycles. The molecule has 88 valence electrons. The number of hydrogen-bond acceptors (Lipinski definition) is 2. The van der Waals surface area contributed by atoms with Gasteiger partial charge in [0.2, 0.25) is 0 Å². The molecular weight excluding hydrogens is 212 g/mol. The maximum absolute atomic E-state index is 8.54. The van der Waals surface area contributed by atoms with Crippen LogP contribution in [0.1, 0.15) is 30.4 Å². The molecule has 2 heteroatoms. The molecule has 2 nitrogen and oxygen atoms in total. The average molecular weight is 228 g/mol. The summed E-state index contributed by atoms with van der Waals surface area (Å²) < 4.78 is 0. The van der Waals surface area contributed by atoms with E-state index in [2.05, 4.69) is 36.1 Å². The van der Waals surface area contributed by atoms with Gasteiger partial charge in [0, 0.05) is 5.92 Å². The highest BCUT2D eigenvalue weighted by atomic mass is 17.1. The first-order chi connectivity index (χ1) is 8.35. The van der Waals surface area contributed by atoms with Crippen LogP contribution in [0.5, 0.6) is 5.75 Å². The van der Waals surface area contributed by atoms with Crippen LogP contribution in [0.4, 0.5) is 0 Å². The Balaban J connectivity index is 2.29. The SMILES string of the molecule is CCC(c1ccccc1)c1ccc(OO)cc1. The molecule has 0 saturated heterocycles. The van der Waals surface area contributed by atoms with E-state index in [4.69, 9.17) is 5.26 Å². The lowest BCUT2D eigenvalue weighted by Crippen LogP contribution is -1.99. The van der Waals surface area contributed by atoms with E-state index in [1.165, 1.54) is 11.1 Å². The largest absolute Gasteiger partial charge is 0.340 e. The van der Waals surface area contributed by atoms with Gasteiger partial charge < -0.3 is 4.89 Å². The molecule has 0 heterocycles. The van der Waals surface area contributed by atoms with Crippen LogP contribution >= 0.6 is 0 Å². The summed E-state index contributed by atoms with van der Waals surface area (Å²) in [4.78, 5) is 4.19. The van der Waals surface area contributed by atoms with Gasteiger partial charge in [-0.2, -0.15) is 0 Å². The van der Waals surface area contributed by atoms with Crippen molar-refractivity contribution in [3.8, 4) is 5.75 Å². The second kappa shape index (κ2) is 5.51. The summed E-state index contributed by atoms with van der Waals surface area (Å²) in [5.41, 5.74) is 2.55. The van der Waals surface area contributed by atoms with Gasteiger partial charge in [-0.05, 0) is 29.7 Å². The van der Waals surface area contributed by atoms with Crippen LogP contribution in [0.2, 0.25) is 0 Å². The lowest BCUT2D eigenvalue weighted by molar-refractivity contribution is -0.137. The fraction of sp³-hybridized carbons (Fsp3) is 0.200. The number of benzene rings is 2. The van der Waals surface area contributed by atoms with Gasteiger partial charge in [0.15, 0.2) is 5.75 Å². The molecule has 0 aliphatic rings. The van der Waals surface area contributed by atoms with Crippen LogP contribution in [0.3, 0.4) is 0 Å². The molecule has 1 atom stereocenters. The van der Waals surface area contributed by atoms with Gasteiger partial charge in [0.05, 0.1) is 0 Å². The molecule has 1 N–H and O–H groups in total. The third kappa shape index (κ3) is 2.66. The predicted octanol–water partition coefficient (Wildman–Crippen LogP) is 4.08. The number of rotatable bonds is 4. The maximum atomic E-state index is 8.54. The highest BCUT2D eigenvalue weighted by Crippen LogP contribution is 2.28. The maximum Gasteiger partial charge on any atom is 0.165 e. The van der Waals surface area contributed by atoms with Crippen LogP contribution < -0.4 is 4.89 Å². The Hall–Kier alpha value is -1.80. The summed E-state index contributed by atoms with van der Waals surface area (Å²) in [5, 5.41) is 8.54. The topological polar surface area (TPSA) is 29.5 Å². The van der Waals surface area contributed by atoms with Crippen molar-refractivity contribution in [1.82, 2.24) is 0 Å². The van der Waals surface area contributed by atoms with Gasteiger partial charge in [-0.1, -0.05) is 49.4 Å². The lowest BCUT2D eigenvalue weighted by atomic mass is 9.89. The molecule has 2 aromatic carbocycles. The smallest absolute Gasteiger partial charge is 0.165 e. The second-order valence-electron chi connectivity index (χ2n) is 4.03. The van der Waals surface area contributed by atoms with Gasteiger partial charge in [0.1, 0.15) is 0 Å². The van der Waals surface area contributed by atoms with Crippen molar-refractivity contribution >= 4 is 0 Å². The first-order valence-electron chi connectivity index (χ1n) is 5.81. The van der Waals surface area contributed by atoms with E-state index >= 15 is 0 Å². The van der Waals surface area contributed by atoms with Crippen LogP contribution in [0.25, 0.3) is 0 Å². The van der Waals surface area contributed by atoms with Crippen molar-refractivity contribution in [3.63, 3.8) is 0 Å². The van der Waals surface area contributed by atoms with Crippen molar-refractivity contribution < 1.29 is 10.1 Å². The first kappa shape index (κ1) is 11.7. The van der Waals surface area contributed by atoms with E-state index in [9.17, 15) is 0 Å². The monoisotopic (exact) mass is 228 g/mol. The van der Waals surface area contributed by atoms with E-state index in [0.29, 0.717) is 11.7 Å². The van der Waals surface area contributed by atoms with Crippen molar-refractivity contribution in [2.24, 2.45) is 0 Å². The van der Waals surface area contributed by atoms with Gasteiger partial charge in [0.25, 0.3) is 0 Å². The highest BCUT2D eigenvalue weighted by Gasteiger charge is 2.11. The van der Waals surface area contributed by atoms with E-state index in [1.807, 2.05) is 18.2 Å². The summed E-state index contributed by atoms with van der Waals surface area (Å²) in [6.07, 6.45) is 1.04. The van der Waals surface area contributed by atoms with E-state index in [0.717, 1.165) is 6.42 Å². The molecule has 0 aliphatic carbocycles. The molecule has 2 aromatic rings. The minimum absolute atomic E-state index is 0.393. The van der Waals surface area contributed by atoms with E-state index in [1.54, 1.807) is 12.1 Å².